The van der Waals surface area contributed by atoms with E-state index in [-0.39, 0.29) is 134 Å². The van der Waals surface area contributed by atoms with Crippen LogP contribution in [0.3, 0.4) is 0 Å². The van der Waals surface area contributed by atoms with Gasteiger partial charge >= 0.3 is 134 Å². The summed E-state index contributed by atoms with van der Waals surface area (Å²) in [6.07, 6.45) is 0. The molecule has 0 aromatic carbocycles. The molecule has 132 valence electrons. The van der Waals surface area contributed by atoms with Crippen molar-refractivity contribution in [1.82, 2.24) is 0 Å². The first-order valence-corrected chi connectivity index (χ1v) is 2.07. The summed E-state index contributed by atoms with van der Waals surface area (Å²) >= 11 is 0. The fraction of sp³-hybridized carbons (Fsp3) is 0. The molecule has 0 saturated heterocycles. The summed E-state index contributed by atoms with van der Waals surface area (Å²) in [6, 6.07) is 0. The first kappa shape index (κ1) is 57.3. The van der Waals surface area contributed by atoms with E-state index in [0.29, 0.717) is 0 Å². The van der Waals surface area contributed by atoms with Crippen LogP contribution in [0, 0.1) is 0 Å². The van der Waals surface area contributed by atoms with Crippen LogP contribution in [0.2, 0.25) is 0 Å². The molecular weight excluding hydrogens is 833 g/mol. The molecular formula is Ag6B3F3O6. The van der Waals surface area contributed by atoms with E-state index in [4.69, 9.17) is 30.1 Å². The Morgan fingerprint density at radius 3 is 0.389 bits per heavy atom. The zero-order valence-corrected chi connectivity index (χ0v) is 16.0. The standard InChI is InChI=1S/6Ag.3BFO2/c;;;;;;3*2-1(3)4/q6*+1;3*-2. The van der Waals surface area contributed by atoms with Crippen LogP contribution in [-0.2, 0) is 134 Å². The van der Waals surface area contributed by atoms with E-state index in [2.05, 4.69) is 0 Å². The third-order valence-corrected chi connectivity index (χ3v) is 0. The predicted molar refractivity (Wildman–Crippen MR) is 20.6 cm³/mol. The molecule has 0 unspecified atom stereocenters. The van der Waals surface area contributed by atoms with Crippen LogP contribution in [-0.4, -0.2) is 22.2 Å². The van der Waals surface area contributed by atoms with Crippen LogP contribution in [0.1, 0.15) is 0 Å². The Morgan fingerprint density at radius 1 is 0.389 bits per heavy atom. The summed E-state index contributed by atoms with van der Waals surface area (Å²) in [5.41, 5.74) is 0. The van der Waals surface area contributed by atoms with Crippen LogP contribution in [0.5, 0.6) is 0 Å². The molecule has 0 N–H and O–H groups in total. The van der Waals surface area contributed by atoms with Gasteiger partial charge in [0, 0.05) is 0 Å². The maximum atomic E-state index is 9.89. The molecule has 0 spiro atoms. The molecule has 0 aliphatic heterocycles. The fourth-order valence-corrected chi connectivity index (χ4v) is 0. The Balaban J connectivity index is -0.00000000827. The Bertz CT molecular complexity index is 63.1. The number of rotatable bonds is 0. The maximum absolute atomic E-state index is 9.89. The van der Waals surface area contributed by atoms with Gasteiger partial charge in [-0.3, -0.25) is 0 Å². The number of hydrogen-bond donors (Lipinski definition) is 0. The smallest absolute Gasteiger partial charge is 0.867 e. The summed E-state index contributed by atoms with van der Waals surface area (Å²) < 4.78 is 29.7. The summed E-state index contributed by atoms with van der Waals surface area (Å²) in [4.78, 5) is 0. The molecule has 0 saturated carbocycles. The molecule has 18 heteroatoms. The van der Waals surface area contributed by atoms with Gasteiger partial charge in [-0.25, -0.2) is 0 Å². The summed E-state index contributed by atoms with van der Waals surface area (Å²) in [7, 11) is -9.50. The van der Waals surface area contributed by atoms with Gasteiger partial charge in [-0.1, -0.05) is 0 Å². The van der Waals surface area contributed by atoms with Crippen molar-refractivity contribution in [2.24, 2.45) is 0 Å². The molecule has 0 aromatic heterocycles. The fourth-order valence-electron chi connectivity index (χ4n) is 0. The van der Waals surface area contributed by atoms with Crippen LogP contribution < -0.4 is 30.1 Å². The van der Waals surface area contributed by atoms with Crippen molar-refractivity contribution in [1.29, 1.82) is 0 Å². The van der Waals surface area contributed by atoms with E-state index in [1.165, 1.54) is 0 Å². The average Bonchev–Trinajstić information content (AvgIpc) is 1.54. The van der Waals surface area contributed by atoms with E-state index in [1.807, 2.05) is 0 Å². The molecule has 0 rings (SSSR count). The van der Waals surface area contributed by atoms with Gasteiger partial charge in [0.15, 0.2) is 0 Å². The molecule has 0 aromatic rings. The number of halogens is 3. The molecule has 0 radical (unpaired) electrons. The monoisotopic (exact) mass is 827 g/mol. The van der Waals surface area contributed by atoms with Crippen LogP contribution >= 0.6 is 0 Å². The van der Waals surface area contributed by atoms with Gasteiger partial charge in [0.05, 0.1) is 0 Å². The molecule has 0 bridgehead atoms. The first-order chi connectivity index (χ1) is 5.20. The third-order valence-electron chi connectivity index (χ3n) is 0. The minimum atomic E-state index is -3.17. The zero-order chi connectivity index (χ0) is 10.7. The second-order valence-electron chi connectivity index (χ2n) is 0.823. The van der Waals surface area contributed by atoms with Crippen molar-refractivity contribution < 1.29 is 177 Å². The van der Waals surface area contributed by atoms with Gasteiger partial charge in [-0.2, -0.15) is 0 Å². The van der Waals surface area contributed by atoms with Crippen LogP contribution in [0.25, 0.3) is 0 Å². The van der Waals surface area contributed by atoms with Crippen molar-refractivity contribution in [3.05, 3.63) is 0 Å². The molecule has 0 amide bonds. The van der Waals surface area contributed by atoms with E-state index >= 15 is 0 Å². The Labute approximate surface area is 196 Å². The predicted octanol–water partition coefficient (Wildman–Crippen LogP) is -7.03. The minimum absolute atomic E-state index is 0. The van der Waals surface area contributed by atoms with E-state index in [9.17, 15) is 12.9 Å². The van der Waals surface area contributed by atoms with Gasteiger partial charge in [0.25, 0.3) is 0 Å². The largest absolute Gasteiger partial charge is 1.00 e. The Hall–Kier alpha value is 4.19. The van der Waals surface area contributed by atoms with Gasteiger partial charge in [0.2, 0.25) is 0 Å². The third kappa shape index (κ3) is 424. The minimum Gasteiger partial charge on any atom is -0.867 e. The first-order valence-electron chi connectivity index (χ1n) is 2.07. The Morgan fingerprint density at radius 2 is 0.389 bits per heavy atom. The normalized spacial score (nSPS) is 4.50. The number of hydrogen-bond acceptors (Lipinski definition) is 6. The van der Waals surface area contributed by atoms with Gasteiger partial charge in [0.1, 0.15) is 22.2 Å². The molecule has 0 aliphatic carbocycles. The molecule has 18 heavy (non-hydrogen) atoms. The van der Waals surface area contributed by atoms with Crippen molar-refractivity contribution in [3.63, 3.8) is 0 Å². The van der Waals surface area contributed by atoms with Crippen molar-refractivity contribution in [3.8, 4) is 0 Å². The SMILES string of the molecule is [Ag+].[Ag+].[Ag+].[Ag+].[Ag+].[Ag+].[O-]B([O-])F.[O-]B([O-])F.[O-]B([O-])F. The molecule has 0 fully saturated rings. The van der Waals surface area contributed by atoms with Gasteiger partial charge in [-0.15, -0.1) is 0 Å². The van der Waals surface area contributed by atoms with Crippen molar-refractivity contribution in [2.75, 3.05) is 0 Å². The topological polar surface area (TPSA) is 138 Å². The molecule has 0 heterocycles. The van der Waals surface area contributed by atoms with Crippen molar-refractivity contribution in [2.45, 2.75) is 0 Å². The summed E-state index contributed by atoms with van der Waals surface area (Å²) in [6.45, 7) is 0. The van der Waals surface area contributed by atoms with Crippen molar-refractivity contribution >= 4 is 22.2 Å². The van der Waals surface area contributed by atoms with Gasteiger partial charge in [-0.05, 0) is 0 Å². The average molecular weight is 833 g/mol. The summed E-state index contributed by atoms with van der Waals surface area (Å²) in [5.74, 6) is 0. The van der Waals surface area contributed by atoms with Crippen LogP contribution in [0.4, 0.5) is 12.9 Å². The second-order valence-corrected chi connectivity index (χ2v) is 0.823. The van der Waals surface area contributed by atoms with E-state index in [1.54, 1.807) is 0 Å². The zero-order valence-electron chi connectivity index (χ0n) is 7.12. The maximum Gasteiger partial charge on any atom is 1.00 e. The van der Waals surface area contributed by atoms with Crippen LogP contribution in [0.15, 0.2) is 0 Å². The molecule has 0 atom stereocenters. The van der Waals surface area contributed by atoms with Gasteiger partial charge < -0.3 is 43.1 Å². The van der Waals surface area contributed by atoms with E-state index in [0.717, 1.165) is 0 Å². The molecule has 6 nitrogen and oxygen atoms in total. The second kappa shape index (κ2) is 49.7. The molecule has 0 aliphatic rings. The quantitative estimate of drug-likeness (QED) is 0.223. The summed E-state index contributed by atoms with van der Waals surface area (Å²) in [5, 5.41) is 49.8. The Kier molecular flexibility index (Phi) is 158. The van der Waals surface area contributed by atoms with E-state index < -0.39 is 22.2 Å².